The summed E-state index contributed by atoms with van der Waals surface area (Å²) in [4.78, 5) is 21.1. The highest BCUT2D eigenvalue weighted by molar-refractivity contribution is 7.89. The van der Waals surface area contributed by atoms with Crippen molar-refractivity contribution in [1.82, 2.24) is 4.72 Å². The van der Waals surface area contributed by atoms with Gasteiger partial charge in [-0.2, -0.15) is 0 Å². The molecule has 0 bridgehead atoms. The topological polar surface area (TPSA) is 127 Å². The lowest BCUT2D eigenvalue weighted by molar-refractivity contribution is -0.125. The Bertz CT molecular complexity index is 685. The molecule has 1 rings (SSSR count). The minimum Gasteiger partial charge on any atom is -0.478 e. The number of hydrogen-bond donors (Lipinski definition) is 3. The van der Waals surface area contributed by atoms with Crippen molar-refractivity contribution in [1.29, 1.82) is 0 Å². The van der Waals surface area contributed by atoms with Gasteiger partial charge >= 0.3 is 5.97 Å². The monoisotopic (exact) mass is 318 g/mol. The second-order valence-corrected chi connectivity index (χ2v) is 6.76. The van der Waals surface area contributed by atoms with Crippen LogP contribution in [0.15, 0.2) is 23.1 Å². The maximum Gasteiger partial charge on any atom is 0.335 e. The molecule has 7 nitrogen and oxygen atoms in total. The summed E-state index contributed by atoms with van der Waals surface area (Å²) in [5, 5.41) is 8.80. The molecular formula is C12H15FN2O5S. The third-order valence-electron chi connectivity index (χ3n) is 2.84. The number of carboxylic acid groups (broad SMARTS) is 1. The third-order valence-corrected chi connectivity index (χ3v) is 4.26. The number of carboxylic acids is 1. The van der Waals surface area contributed by atoms with E-state index in [-0.39, 0.29) is 12.1 Å². The van der Waals surface area contributed by atoms with E-state index in [9.17, 15) is 22.4 Å². The summed E-state index contributed by atoms with van der Waals surface area (Å²) in [6.07, 6.45) is 0. The van der Waals surface area contributed by atoms with Crippen molar-refractivity contribution in [2.75, 3.05) is 6.54 Å². The summed E-state index contributed by atoms with van der Waals surface area (Å²) in [5.41, 5.74) is 3.56. The first-order valence-corrected chi connectivity index (χ1v) is 7.28. The zero-order valence-electron chi connectivity index (χ0n) is 11.4. The summed E-state index contributed by atoms with van der Waals surface area (Å²) in [6.45, 7) is 2.49. The lowest BCUT2D eigenvalue weighted by atomic mass is 9.93. The molecule has 0 radical (unpaired) electrons. The molecular weight excluding hydrogens is 303 g/mol. The Hall–Kier alpha value is -2.00. The summed E-state index contributed by atoms with van der Waals surface area (Å²) < 4.78 is 39.6. The minimum absolute atomic E-state index is 0.346. The SMILES string of the molecule is CC(C)(CNS(=O)(=O)c1cc(C(=O)O)ccc1F)C(N)=O. The van der Waals surface area contributed by atoms with Crippen LogP contribution in [0.2, 0.25) is 0 Å². The van der Waals surface area contributed by atoms with Gasteiger partial charge in [-0.1, -0.05) is 0 Å². The molecule has 0 spiro atoms. The quantitative estimate of drug-likeness (QED) is 0.696. The van der Waals surface area contributed by atoms with Gasteiger partial charge in [0.05, 0.1) is 11.0 Å². The number of carbonyl (C=O) groups is 2. The molecule has 116 valence electrons. The normalized spacial score (nSPS) is 12.1. The molecule has 0 aliphatic carbocycles. The Morgan fingerprint density at radius 2 is 1.95 bits per heavy atom. The molecule has 0 saturated carbocycles. The van der Waals surface area contributed by atoms with Crippen LogP contribution in [-0.2, 0) is 14.8 Å². The van der Waals surface area contributed by atoms with Crippen LogP contribution in [0.1, 0.15) is 24.2 Å². The highest BCUT2D eigenvalue weighted by Crippen LogP contribution is 2.18. The largest absolute Gasteiger partial charge is 0.478 e. The lowest BCUT2D eigenvalue weighted by Crippen LogP contribution is -2.42. The Morgan fingerprint density at radius 1 is 1.38 bits per heavy atom. The molecule has 0 heterocycles. The van der Waals surface area contributed by atoms with E-state index in [0.717, 1.165) is 12.1 Å². The Balaban J connectivity index is 3.11. The number of amides is 1. The highest BCUT2D eigenvalue weighted by atomic mass is 32.2. The Labute approximate surface area is 121 Å². The zero-order valence-corrected chi connectivity index (χ0v) is 12.2. The van der Waals surface area contributed by atoms with Crippen molar-refractivity contribution in [2.24, 2.45) is 11.1 Å². The molecule has 9 heteroatoms. The van der Waals surface area contributed by atoms with Crippen LogP contribution in [0, 0.1) is 11.2 Å². The number of sulfonamides is 1. The van der Waals surface area contributed by atoms with Gasteiger partial charge in [-0.25, -0.2) is 22.3 Å². The van der Waals surface area contributed by atoms with Crippen LogP contribution in [0.5, 0.6) is 0 Å². The fourth-order valence-electron chi connectivity index (χ4n) is 1.28. The predicted octanol–water partition coefficient (Wildman–Crippen LogP) is 0.314. The fourth-order valence-corrected chi connectivity index (χ4v) is 2.60. The van der Waals surface area contributed by atoms with E-state index in [1.165, 1.54) is 13.8 Å². The first-order valence-electron chi connectivity index (χ1n) is 5.80. The number of hydrogen-bond acceptors (Lipinski definition) is 4. The van der Waals surface area contributed by atoms with Crippen LogP contribution in [0.3, 0.4) is 0 Å². The van der Waals surface area contributed by atoms with E-state index in [1.807, 2.05) is 4.72 Å². The van der Waals surface area contributed by atoms with Gasteiger partial charge in [0.2, 0.25) is 15.9 Å². The van der Waals surface area contributed by atoms with Gasteiger partial charge in [0.25, 0.3) is 0 Å². The summed E-state index contributed by atoms with van der Waals surface area (Å²) >= 11 is 0. The summed E-state index contributed by atoms with van der Waals surface area (Å²) in [5.74, 6) is -3.21. The molecule has 0 aliphatic heterocycles. The van der Waals surface area contributed by atoms with Crippen molar-refractivity contribution >= 4 is 21.9 Å². The van der Waals surface area contributed by atoms with Crippen LogP contribution >= 0.6 is 0 Å². The van der Waals surface area contributed by atoms with Crippen molar-refractivity contribution < 1.29 is 27.5 Å². The highest BCUT2D eigenvalue weighted by Gasteiger charge is 2.29. The maximum absolute atomic E-state index is 13.6. The molecule has 0 aromatic heterocycles. The molecule has 1 aromatic rings. The van der Waals surface area contributed by atoms with E-state index in [1.54, 1.807) is 0 Å². The van der Waals surface area contributed by atoms with Crippen LogP contribution < -0.4 is 10.5 Å². The molecule has 1 aromatic carbocycles. The van der Waals surface area contributed by atoms with Gasteiger partial charge in [-0.15, -0.1) is 0 Å². The molecule has 4 N–H and O–H groups in total. The molecule has 0 aliphatic rings. The number of carbonyl (C=O) groups excluding carboxylic acids is 1. The number of benzene rings is 1. The maximum atomic E-state index is 13.6. The van der Waals surface area contributed by atoms with Gasteiger partial charge in [-0.05, 0) is 32.0 Å². The molecule has 0 saturated heterocycles. The van der Waals surface area contributed by atoms with E-state index in [2.05, 4.69) is 0 Å². The zero-order chi connectivity index (χ0) is 16.4. The minimum atomic E-state index is -4.31. The van der Waals surface area contributed by atoms with Crippen LogP contribution in [0.25, 0.3) is 0 Å². The molecule has 0 atom stereocenters. The van der Waals surface area contributed by atoms with Gasteiger partial charge in [0.1, 0.15) is 10.7 Å². The first kappa shape index (κ1) is 17.1. The Morgan fingerprint density at radius 3 is 2.43 bits per heavy atom. The van der Waals surface area contributed by atoms with Crippen molar-refractivity contribution in [3.63, 3.8) is 0 Å². The first-order chi connectivity index (χ1) is 9.47. The van der Waals surface area contributed by atoms with Gasteiger partial charge in [0, 0.05) is 6.54 Å². The number of aromatic carboxylic acids is 1. The predicted molar refractivity (Wildman–Crippen MR) is 71.5 cm³/mol. The average molecular weight is 318 g/mol. The summed E-state index contributed by atoms with van der Waals surface area (Å²) in [7, 11) is -4.31. The van der Waals surface area contributed by atoms with E-state index >= 15 is 0 Å². The number of halogens is 1. The number of nitrogens with two attached hydrogens (primary N) is 1. The molecule has 0 fully saturated rings. The third kappa shape index (κ3) is 3.99. The smallest absolute Gasteiger partial charge is 0.335 e. The average Bonchev–Trinajstić information content (AvgIpc) is 2.36. The van der Waals surface area contributed by atoms with Crippen molar-refractivity contribution in [3.05, 3.63) is 29.6 Å². The second kappa shape index (κ2) is 5.78. The molecule has 1 amide bonds. The van der Waals surface area contributed by atoms with E-state index < -0.39 is 38.0 Å². The Kier molecular flexibility index (Phi) is 4.69. The lowest BCUT2D eigenvalue weighted by Gasteiger charge is -2.20. The van der Waals surface area contributed by atoms with Gasteiger partial charge < -0.3 is 10.8 Å². The van der Waals surface area contributed by atoms with E-state index in [0.29, 0.717) is 6.07 Å². The summed E-state index contributed by atoms with van der Waals surface area (Å²) in [6, 6.07) is 2.40. The number of rotatable bonds is 6. The molecule has 21 heavy (non-hydrogen) atoms. The standard InChI is InChI=1S/C12H15FN2O5S/c1-12(2,11(14)18)6-15-21(19,20)9-5-7(10(16)17)3-4-8(9)13/h3-5,15H,6H2,1-2H3,(H2,14,18)(H,16,17). The van der Waals surface area contributed by atoms with Crippen molar-refractivity contribution in [3.8, 4) is 0 Å². The van der Waals surface area contributed by atoms with Crippen LogP contribution in [-0.4, -0.2) is 31.9 Å². The number of primary amides is 1. The van der Waals surface area contributed by atoms with Gasteiger partial charge in [0.15, 0.2) is 0 Å². The van der Waals surface area contributed by atoms with Gasteiger partial charge in [-0.3, -0.25) is 4.79 Å². The second-order valence-electron chi connectivity index (χ2n) is 5.02. The van der Waals surface area contributed by atoms with E-state index in [4.69, 9.17) is 10.8 Å². The molecule has 0 unspecified atom stereocenters. The van der Waals surface area contributed by atoms with Crippen molar-refractivity contribution in [2.45, 2.75) is 18.7 Å². The van der Waals surface area contributed by atoms with Crippen LogP contribution in [0.4, 0.5) is 4.39 Å². The fraction of sp³-hybridized carbons (Fsp3) is 0.333. The number of nitrogens with one attached hydrogen (secondary N) is 1.